The number of halogens is 1. The first kappa shape index (κ1) is 23.7. The summed E-state index contributed by atoms with van der Waals surface area (Å²) in [5.41, 5.74) is 3.16. The van der Waals surface area contributed by atoms with Crippen molar-refractivity contribution in [3.63, 3.8) is 0 Å². The van der Waals surface area contributed by atoms with Gasteiger partial charge in [-0.1, -0.05) is 65.4 Å². The summed E-state index contributed by atoms with van der Waals surface area (Å²) in [5.74, 6) is 1.30. The number of benzene rings is 2. The van der Waals surface area contributed by atoms with Crippen LogP contribution in [0, 0.1) is 19.7 Å². The SMILES string of the molecule is Cc1noc(C)c1CC(=O)NC(Cc1ccccc1)c1nnc(SCc2ccccc2F)n1C. The van der Waals surface area contributed by atoms with E-state index in [0.29, 0.717) is 40.2 Å². The van der Waals surface area contributed by atoms with E-state index in [-0.39, 0.29) is 18.1 Å². The van der Waals surface area contributed by atoms with Crippen LogP contribution in [0.5, 0.6) is 0 Å². The van der Waals surface area contributed by atoms with Crippen molar-refractivity contribution in [2.75, 3.05) is 0 Å². The smallest absolute Gasteiger partial charge is 0.225 e. The van der Waals surface area contributed by atoms with Gasteiger partial charge in [0.25, 0.3) is 0 Å². The third-order valence-electron chi connectivity index (χ3n) is 5.63. The van der Waals surface area contributed by atoms with Crippen LogP contribution in [0.15, 0.2) is 64.3 Å². The summed E-state index contributed by atoms with van der Waals surface area (Å²) in [5, 5.41) is 16.4. The number of hydrogen-bond acceptors (Lipinski definition) is 6. The first-order valence-corrected chi connectivity index (χ1v) is 11.9. The molecular weight excluding hydrogens is 453 g/mol. The predicted molar refractivity (Wildman–Crippen MR) is 128 cm³/mol. The van der Waals surface area contributed by atoms with Crippen molar-refractivity contribution in [3.8, 4) is 0 Å². The van der Waals surface area contributed by atoms with Gasteiger partial charge in [0, 0.05) is 18.4 Å². The van der Waals surface area contributed by atoms with Crippen molar-refractivity contribution in [1.29, 1.82) is 0 Å². The lowest BCUT2D eigenvalue weighted by Gasteiger charge is -2.18. The van der Waals surface area contributed by atoms with Crippen molar-refractivity contribution in [2.45, 2.75) is 43.6 Å². The van der Waals surface area contributed by atoms with Crippen LogP contribution >= 0.6 is 11.8 Å². The fourth-order valence-corrected chi connectivity index (χ4v) is 4.63. The van der Waals surface area contributed by atoms with E-state index in [9.17, 15) is 9.18 Å². The highest BCUT2D eigenvalue weighted by Crippen LogP contribution is 2.26. The van der Waals surface area contributed by atoms with Crippen molar-refractivity contribution in [3.05, 3.63) is 94.4 Å². The number of aromatic nitrogens is 4. The van der Waals surface area contributed by atoms with Crippen LogP contribution in [0.3, 0.4) is 0 Å². The maximum atomic E-state index is 14.0. The number of carbonyl (C=O) groups is 1. The largest absolute Gasteiger partial charge is 0.361 e. The van der Waals surface area contributed by atoms with E-state index < -0.39 is 6.04 Å². The molecule has 4 aromatic rings. The lowest BCUT2D eigenvalue weighted by Crippen LogP contribution is -2.33. The number of amides is 1. The second kappa shape index (κ2) is 10.6. The van der Waals surface area contributed by atoms with Crippen molar-refractivity contribution < 1.29 is 13.7 Å². The lowest BCUT2D eigenvalue weighted by molar-refractivity contribution is -0.121. The minimum absolute atomic E-state index is 0.154. The molecule has 0 aliphatic rings. The van der Waals surface area contributed by atoms with Crippen LogP contribution in [0.2, 0.25) is 0 Å². The van der Waals surface area contributed by atoms with Crippen LogP contribution in [0.4, 0.5) is 4.39 Å². The zero-order valence-electron chi connectivity index (χ0n) is 19.3. The molecule has 0 spiro atoms. The summed E-state index contributed by atoms with van der Waals surface area (Å²) in [6.07, 6.45) is 0.720. The van der Waals surface area contributed by atoms with E-state index in [2.05, 4.69) is 20.7 Å². The van der Waals surface area contributed by atoms with Crippen molar-refractivity contribution in [2.24, 2.45) is 7.05 Å². The van der Waals surface area contributed by atoms with Gasteiger partial charge in [-0.3, -0.25) is 4.79 Å². The molecule has 1 N–H and O–H groups in total. The Labute approximate surface area is 201 Å². The highest BCUT2D eigenvalue weighted by molar-refractivity contribution is 7.98. The number of rotatable bonds is 9. The molecule has 0 aliphatic heterocycles. The standard InChI is InChI=1S/C25H26FN5O2S/c1-16-20(17(2)33-30-16)14-23(32)27-22(13-18-9-5-4-6-10-18)24-28-29-25(31(24)3)34-15-19-11-7-8-12-21(19)26/h4-12,22H,13-15H2,1-3H3,(H,27,32). The molecule has 1 amide bonds. The second-order valence-corrected chi connectivity index (χ2v) is 9.01. The number of thioether (sulfide) groups is 1. The first-order valence-electron chi connectivity index (χ1n) is 10.9. The quantitative estimate of drug-likeness (QED) is 0.356. The van der Waals surface area contributed by atoms with Gasteiger partial charge in [0.15, 0.2) is 11.0 Å². The first-order chi connectivity index (χ1) is 16.4. The second-order valence-electron chi connectivity index (χ2n) is 8.07. The Hall–Kier alpha value is -3.46. The molecule has 7 nitrogen and oxygen atoms in total. The van der Waals surface area contributed by atoms with Gasteiger partial charge in [0.2, 0.25) is 5.91 Å². The fraction of sp³-hybridized carbons (Fsp3) is 0.280. The third kappa shape index (κ3) is 5.53. The van der Waals surface area contributed by atoms with Gasteiger partial charge in [-0.25, -0.2) is 4.39 Å². The number of hydrogen-bond donors (Lipinski definition) is 1. The molecule has 0 radical (unpaired) electrons. The van der Waals surface area contributed by atoms with Crippen molar-refractivity contribution >= 4 is 17.7 Å². The molecule has 176 valence electrons. The molecule has 4 rings (SSSR count). The van der Waals surface area contributed by atoms with E-state index in [1.807, 2.05) is 54.9 Å². The summed E-state index contributed by atoms with van der Waals surface area (Å²) in [7, 11) is 1.86. The minimum Gasteiger partial charge on any atom is -0.361 e. The molecule has 0 saturated heterocycles. The van der Waals surface area contributed by atoms with Gasteiger partial charge in [0.1, 0.15) is 11.6 Å². The minimum atomic E-state index is -0.393. The Morgan fingerprint density at radius 2 is 1.85 bits per heavy atom. The summed E-state index contributed by atoms with van der Waals surface area (Å²) in [4.78, 5) is 13.0. The summed E-state index contributed by atoms with van der Waals surface area (Å²) in [6, 6.07) is 16.2. The number of nitrogens with zero attached hydrogens (tertiary/aromatic N) is 4. The van der Waals surface area contributed by atoms with Crippen LogP contribution in [-0.2, 0) is 30.4 Å². The van der Waals surface area contributed by atoms with Crippen molar-refractivity contribution in [1.82, 2.24) is 25.2 Å². The van der Waals surface area contributed by atoms with Gasteiger partial charge in [-0.2, -0.15) is 0 Å². The van der Waals surface area contributed by atoms with Crippen LogP contribution in [0.1, 0.15) is 40.0 Å². The lowest BCUT2D eigenvalue weighted by atomic mass is 10.0. The van der Waals surface area contributed by atoms with E-state index in [0.717, 1.165) is 11.1 Å². The zero-order valence-corrected chi connectivity index (χ0v) is 20.1. The zero-order chi connectivity index (χ0) is 24.1. The predicted octanol–water partition coefficient (Wildman–Crippen LogP) is 4.49. The Balaban J connectivity index is 1.54. The highest BCUT2D eigenvalue weighted by Gasteiger charge is 2.24. The maximum Gasteiger partial charge on any atom is 0.225 e. The Morgan fingerprint density at radius 1 is 1.12 bits per heavy atom. The maximum absolute atomic E-state index is 14.0. The number of carbonyl (C=O) groups excluding carboxylic acids is 1. The molecule has 2 aromatic carbocycles. The molecule has 34 heavy (non-hydrogen) atoms. The van der Waals surface area contributed by atoms with Crippen LogP contribution < -0.4 is 5.32 Å². The average Bonchev–Trinajstić information content (AvgIpc) is 3.35. The third-order valence-corrected chi connectivity index (χ3v) is 6.70. The van der Waals surface area contributed by atoms with Gasteiger partial charge in [-0.05, 0) is 37.5 Å². The number of nitrogens with one attached hydrogen (secondary N) is 1. The Morgan fingerprint density at radius 3 is 2.56 bits per heavy atom. The summed E-state index contributed by atoms with van der Waals surface area (Å²) >= 11 is 1.40. The van der Waals surface area contributed by atoms with E-state index >= 15 is 0 Å². The molecule has 1 atom stereocenters. The van der Waals surface area contributed by atoms with Gasteiger partial charge in [0.05, 0.1) is 18.2 Å². The van der Waals surface area contributed by atoms with Gasteiger partial charge < -0.3 is 14.4 Å². The van der Waals surface area contributed by atoms with E-state index in [4.69, 9.17) is 4.52 Å². The summed E-state index contributed by atoms with van der Waals surface area (Å²) in [6.45, 7) is 3.62. The topological polar surface area (TPSA) is 85.8 Å². The monoisotopic (exact) mass is 479 g/mol. The Bertz CT molecular complexity index is 1250. The molecule has 2 heterocycles. The van der Waals surface area contributed by atoms with E-state index in [1.165, 1.54) is 17.8 Å². The molecule has 2 aromatic heterocycles. The highest BCUT2D eigenvalue weighted by atomic mass is 32.2. The normalized spacial score (nSPS) is 12.0. The molecule has 9 heteroatoms. The molecular formula is C25H26FN5O2S. The van der Waals surface area contributed by atoms with Crippen LogP contribution in [0.25, 0.3) is 0 Å². The number of aryl methyl sites for hydroxylation is 2. The average molecular weight is 480 g/mol. The van der Waals surface area contributed by atoms with Gasteiger partial charge >= 0.3 is 0 Å². The molecule has 0 saturated carbocycles. The Kier molecular flexibility index (Phi) is 7.42. The molecule has 0 fully saturated rings. The molecule has 1 unspecified atom stereocenters. The molecule has 0 aliphatic carbocycles. The van der Waals surface area contributed by atoms with E-state index in [1.54, 1.807) is 19.1 Å². The van der Waals surface area contributed by atoms with Gasteiger partial charge in [-0.15, -0.1) is 10.2 Å². The fourth-order valence-electron chi connectivity index (χ4n) is 3.73. The summed E-state index contributed by atoms with van der Waals surface area (Å²) < 4.78 is 21.1. The van der Waals surface area contributed by atoms with Crippen LogP contribution in [-0.4, -0.2) is 25.8 Å². The molecule has 0 bridgehead atoms.